The third kappa shape index (κ3) is 7.32. The van der Waals surface area contributed by atoms with Gasteiger partial charge in [-0.2, -0.15) is 15.6 Å². The molecule has 0 heterocycles. The monoisotopic (exact) mass is 370 g/mol. The van der Waals surface area contributed by atoms with Gasteiger partial charge in [-0.05, 0) is 56.3 Å². The van der Waals surface area contributed by atoms with E-state index in [2.05, 4.69) is 25.0 Å². The Bertz CT molecular complexity index is 1030. The number of anilines is 1. The van der Waals surface area contributed by atoms with Crippen LogP contribution in [0.1, 0.15) is 27.7 Å². The smallest absolute Gasteiger partial charge is 0.0950 e. The van der Waals surface area contributed by atoms with E-state index in [1.807, 2.05) is 74.6 Å². The van der Waals surface area contributed by atoms with Gasteiger partial charge in [-0.1, -0.05) is 48.0 Å². The van der Waals surface area contributed by atoms with E-state index in [-0.39, 0.29) is 0 Å². The van der Waals surface area contributed by atoms with Crippen molar-refractivity contribution in [2.75, 3.05) is 12.1 Å². The van der Waals surface area contributed by atoms with Crippen LogP contribution in [-0.4, -0.2) is 13.3 Å². The predicted octanol–water partition coefficient (Wildman–Crippen LogP) is 4.15. The van der Waals surface area contributed by atoms with E-state index in [0.29, 0.717) is 5.57 Å². The molecule has 0 fully saturated rings. The van der Waals surface area contributed by atoms with Crippen LogP contribution in [0.3, 0.4) is 0 Å². The molecular formula is C24H26N4. The molecule has 142 valence electrons. The molecule has 0 amide bonds. The summed E-state index contributed by atoms with van der Waals surface area (Å²) in [6, 6.07) is 22.0. The van der Waals surface area contributed by atoms with E-state index in [4.69, 9.17) is 10.5 Å². The van der Waals surface area contributed by atoms with Crippen LogP contribution in [0.15, 0.2) is 71.3 Å². The van der Waals surface area contributed by atoms with Crippen molar-refractivity contribution in [1.82, 2.24) is 0 Å². The quantitative estimate of drug-likeness (QED) is 0.463. The van der Waals surface area contributed by atoms with Gasteiger partial charge in [-0.15, -0.1) is 0 Å². The van der Waals surface area contributed by atoms with Gasteiger partial charge in [0.25, 0.3) is 0 Å². The molecule has 2 aromatic rings. The first kappa shape index (κ1) is 22.4. The Morgan fingerprint density at radius 2 is 1.43 bits per heavy atom. The Morgan fingerprint density at radius 1 is 0.857 bits per heavy atom. The highest BCUT2D eigenvalue weighted by Crippen LogP contribution is 2.10. The van der Waals surface area contributed by atoms with E-state index < -0.39 is 0 Å². The lowest BCUT2D eigenvalue weighted by molar-refractivity contribution is 1.02. The molecule has 2 aromatic carbocycles. The molecule has 0 aromatic heterocycles. The number of rotatable bonds is 3. The van der Waals surface area contributed by atoms with Gasteiger partial charge in [0, 0.05) is 24.4 Å². The maximum atomic E-state index is 8.80. The molecule has 0 saturated heterocycles. The van der Waals surface area contributed by atoms with Gasteiger partial charge in [0.15, 0.2) is 0 Å². The van der Waals surface area contributed by atoms with E-state index in [9.17, 15) is 0 Å². The molecule has 0 atom stereocenters. The number of nitrogens with zero attached hydrogens (tertiary/aromatic N) is 4. The van der Waals surface area contributed by atoms with Crippen LogP contribution < -0.4 is 15.4 Å². The lowest BCUT2D eigenvalue weighted by Gasteiger charge is -2.11. The van der Waals surface area contributed by atoms with E-state index >= 15 is 0 Å². The molecule has 0 aliphatic carbocycles. The second-order valence-corrected chi connectivity index (χ2v) is 6.37. The minimum absolute atomic E-state index is 0.639. The standard InChI is InChI=1S/C12H13N3.C12H13N/c1-11(10-13)8-9-14-15(2)12-6-4-3-5-7-12;1-9(2)11-6-4-5-7-12(11)10(3)8-13/h3-9H,1-2H3;4-7H,1-3H3/b11-8+,14-9+;12-10+. The fraction of sp³-hybridized carbons (Fsp3) is 0.208. The van der Waals surface area contributed by atoms with Crippen molar-refractivity contribution in [3.8, 4) is 12.1 Å². The number of hydrogen-bond donors (Lipinski definition) is 0. The summed E-state index contributed by atoms with van der Waals surface area (Å²) >= 11 is 0. The predicted molar refractivity (Wildman–Crippen MR) is 118 cm³/mol. The molecule has 4 heteroatoms. The molecule has 0 bridgehead atoms. The van der Waals surface area contributed by atoms with Gasteiger partial charge >= 0.3 is 0 Å². The number of para-hydroxylation sites is 1. The van der Waals surface area contributed by atoms with Crippen LogP contribution in [-0.2, 0) is 0 Å². The summed E-state index contributed by atoms with van der Waals surface area (Å²) in [6.45, 7) is 7.71. The molecule has 0 radical (unpaired) electrons. The number of nitriles is 2. The largest absolute Gasteiger partial charge is 0.269 e. The summed E-state index contributed by atoms with van der Waals surface area (Å²) in [4.78, 5) is 0. The molecule has 4 nitrogen and oxygen atoms in total. The summed E-state index contributed by atoms with van der Waals surface area (Å²) in [5.74, 6) is 0. The third-order valence-corrected chi connectivity index (χ3v) is 3.91. The van der Waals surface area contributed by atoms with Crippen molar-refractivity contribution in [2.45, 2.75) is 27.7 Å². The summed E-state index contributed by atoms with van der Waals surface area (Å²) in [7, 11) is 1.86. The van der Waals surface area contributed by atoms with Crippen LogP contribution in [0.25, 0.3) is 11.1 Å². The van der Waals surface area contributed by atoms with Gasteiger partial charge in [-0.3, -0.25) is 5.01 Å². The second kappa shape index (κ2) is 11.9. The zero-order chi connectivity index (χ0) is 20.9. The first-order chi connectivity index (χ1) is 13.4. The maximum absolute atomic E-state index is 8.80. The second-order valence-electron chi connectivity index (χ2n) is 6.37. The normalized spacial score (nSPS) is 11.6. The molecule has 28 heavy (non-hydrogen) atoms. The summed E-state index contributed by atoms with van der Waals surface area (Å²) < 4.78 is 0. The van der Waals surface area contributed by atoms with E-state index in [0.717, 1.165) is 16.5 Å². The summed E-state index contributed by atoms with van der Waals surface area (Å²) in [6.07, 6.45) is 3.30. The van der Waals surface area contributed by atoms with Crippen LogP contribution in [0.4, 0.5) is 5.69 Å². The maximum Gasteiger partial charge on any atom is 0.0950 e. The number of hydrogen-bond acceptors (Lipinski definition) is 4. The SMILES string of the molecule is C/C(C#N)=C\C=N\N(C)c1ccccc1.CC(C)=c1cccc/c1=C(/C)C#N. The summed E-state index contributed by atoms with van der Waals surface area (Å²) in [5.41, 5.74) is 3.67. The molecule has 0 saturated carbocycles. The number of benzene rings is 2. The van der Waals surface area contributed by atoms with Crippen molar-refractivity contribution in [1.29, 1.82) is 10.5 Å². The molecule has 0 aliphatic rings. The van der Waals surface area contributed by atoms with Crippen molar-refractivity contribution in [3.05, 3.63) is 76.7 Å². The Labute approximate surface area is 167 Å². The Hall–Kier alpha value is -3.63. The zero-order valence-corrected chi connectivity index (χ0v) is 17.1. The minimum Gasteiger partial charge on any atom is -0.269 e. The Balaban J connectivity index is 0.000000283. The lowest BCUT2D eigenvalue weighted by Crippen LogP contribution is -2.26. The number of hydrazone groups is 1. The molecule has 0 spiro atoms. The lowest BCUT2D eigenvalue weighted by atomic mass is 10.1. The van der Waals surface area contributed by atoms with Crippen LogP contribution in [0.2, 0.25) is 0 Å². The molecule has 0 unspecified atom stereocenters. The van der Waals surface area contributed by atoms with Gasteiger partial charge in [-0.25, -0.2) is 0 Å². The van der Waals surface area contributed by atoms with Gasteiger partial charge in [0.2, 0.25) is 0 Å². The molecule has 0 aliphatic heterocycles. The van der Waals surface area contributed by atoms with Crippen molar-refractivity contribution >= 4 is 23.0 Å². The number of allylic oxidation sites excluding steroid dienone is 2. The minimum atomic E-state index is 0.639. The van der Waals surface area contributed by atoms with Crippen molar-refractivity contribution < 1.29 is 0 Å². The van der Waals surface area contributed by atoms with Crippen molar-refractivity contribution in [3.63, 3.8) is 0 Å². The highest BCUT2D eigenvalue weighted by Gasteiger charge is 1.93. The zero-order valence-electron chi connectivity index (χ0n) is 17.1. The first-order valence-corrected chi connectivity index (χ1v) is 8.94. The highest BCUT2D eigenvalue weighted by atomic mass is 15.4. The molecular weight excluding hydrogens is 344 g/mol. The van der Waals surface area contributed by atoms with Crippen LogP contribution in [0, 0.1) is 22.7 Å². The van der Waals surface area contributed by atoms with Crippen LogP contribution >= 0.6 is 0 Å². The molecule has 0 N–H and O–H groups in total. The van der Waals surface area contributed by atoms with Crippen molar-refractivity contribution in [2.24, 2.45) is 5.10 Å². The fourth-order valence-electron chi connectivity index (χ4n) is 2.30. The van der Waals surface area contributed by atoms with E-state index in [1.54, 1.807) is 24.2 Å². The van der Waals surface area contributed by atoms with E-state index in [1.165, 1.54) is 10.8 Å². The Kier molecular flexibility index (Phi) is 9.51. The fourth-order valence-corrected chi connectivity index (χ4v) is 2.30. The average Bonchev–Trinajstić information content (AvgIpc) is 2.73. The molecule has 2 rings (SSSR count). The average molecular weight is 371 g/mol. The van der Waals surface area contributed by atoms with Gasteiger partial charge in [0.1, 0.15) is 0 Å². The van der Waals surface area contributed by atoms with Crippen LogP contribution in [0.5, 0.6) is 0 Å². The van der Waals surface area contributed by atoms with Gasteiger partial charge in [0.05, 0.1) is 17.8 Å². The highest BCUT2D eigenvalue weighted by molar-refractivity contribution is 5.74. The Morgan fingerprint density at radius 3 is 1.96 bits per heavy atom. The van der Waals surface area contributed by atoms with Gasteiger partial charge < -0.3 is 0 Å². The first-order valence-electron chi connectivity index (χ1n) is 8.94. The third-order valence-electron chi connectivity index (χ3n) is 3.91. The summed E-state index contributed by atoms with van der Waals surface area (Å²) in [5, 5.41) is 25.5. The topological polar surface area (TPSA) is 63.2 Å².